The Kier molecular flexibility index (Phi) is 2.96. The molecule has 0 saturated heterocycles. The van der Waals surface area contributed by atoms with Crippen LogP contribution in [0.15, 0.2) is 54.9 Å². The van der Waals surface area contributed by atoms with Gasteiger partial charge in [0.05, 0.1) is 12.4 Å². The Balaban J connectivity index is 2.01. The molecule has 0 aliphatic rings. The summed E-state index contributed by atoms with van der Waals surface area (Å²) in [5, 5.41) is 5.56. The molecule has 0 atom stereocenters. The molecule has 5 heteroatoms. The average molecular weight is 251 g/mol. The Morgan fingerprint density at radius 3 is 2.58 bits per heavy atom. The Labute approximate surface area is 110 Å². The molecular weight excluding hydrogens is 238 g/mol. The van der Waals surface area contributed by atoms with Crippen molar-refractivity contribution >= 4 is 28.1 Å². The minimum Gasteiger partial charge on any atom is -0.338 e. The lowest BCUT2D eigenvalue weighted by Crippen LogP contribution is -2.09. The topological polar surface area (TPSA) is 75.9 Å². The molecule has 0 aliphatic heterocycles. The monoisotopic (exact) mass is 251 g/mol. The Morgan fingerprint density at radius 1 is 0.895 bits per heavy atom. The number of hydrogen-bond acceptors (Lipinski definition) is 5. The summed E-state index contributed by atoms with van der Waals surface area (Å²) in [5.41, 5.74) is 3.46. The summed E-state index contributed by atoms with van der Waals surface area (Å²) in [4.78, 5) is 8.35. The van der Waals surface area contributed by atoms with Crippen molar-refractivity contribution in [1.82, 2.24) is 9.97 Å². The van der Waals surface area contributed by atoms with Crippen LogP contribution in [0.2, 0.25) is 0 Å². The molecule has 1 aromatic heterocycles. The molecule has 0 spiro atoms. The predicted octanol–water partition coefficient (Wildman–Crippen LogP) is 2.66. The fourth-order valence-corrected chi connectivity index (χ4v) is 1.97. The number of aromatic nitrogens is 2. The number of benzene rings is 2. The van der Waals surface area contributed by atoms with Crippen LogP contribution in [0.4, 0.5) is 17.3 Å². The third-order valence-electron chi connectivity index (χ3n) is 2.83. The summed E-state index contributed by atoms with van der Waals surface area (Å²) in [6, 6.07) is 14.3. The van der Waals surface area contributed by atoms with Gasteiger partial charge in [-0.15, -0.1) is 0 Å². The van der Waals surface area contributed by atoms with Crippen LogP contribution < -0.4 is 16.6 Å². The smallest absolute Gasteiger partial charge is 0.160 e. The number of nitrogens with two attached hydrogens (primary N) is 1. The number of nitrogens with zero attached hydrogens (tertiary/aromatic N) is 2. The quantitative estimate of drug-likeness (QED) is 0.493. The van der Waals surface area contributed by atoms with Crippen LogP contribution in [0.3, 0.4) is 0 Å². The zero-order valence-electron chi connectivity index (χ0n) is 10.2. The largest absolute Gasteiger partial charge is 0.338 e. The minimum atomic E-state index is 0.519. The van der Waals surface area contributed by atoms with E-state index < -0.39 is 0 Å². The molecule has 0 amide bonds. The van der Waals surface area contributed by atoms with Crippen molar-refractivity contribution in [2.24, 2.45) is 5.84 Å². The molecule has 0 unspecified atom stereocenters. The van der Waals surface area contributed by atoms with E-state index in [1.807, 2.05) is 24.3 Å². The van der Waals surface area contributed by atoms with Gasteiger partial charge in [-0.3, -0.25) is 4.98 Å². The lowest BCUT2D eigenvalue weighted by atomic mass is 10.1. The maximum absolute atomic E-state index is 5.32. The van der Waals surface area contributed by atoms with Crippen LogP contribution in [0.5, 0.6) is 0 Å². The highest BCUT2D eigenvalue weighted by Gasteiger charge is 2.02. The summed E-state index contributed by atoms with van der Waals surface area (Å²) in [5.74, 6) is 6.49. The molecule has 94 valence electrons. The molecule has 0 bridgehead atoms. The van der Waals surface area contributed by atoms with Crippen molar-refractivity contribution in [1.29, 1.82) is 0 Å². The van der Waals surface area contributed by atoms with Gasteiger partial charge in [0.1, 0.15) is 0 Å². The number of anilines is 3. The summed E-state index contributed by atoms with van der Waals surface area (Å²) in [6.45, 7) is 0. The molecule has 2 aromatic carbocycles. The second kappa shape index (κ2) is 4.91. The highest BCUT2D eigenvalue weighted by molar-refractivity contribution is 5.95. The number of hydrogen-bond donors (Lipinski definition) is 3. The third kappa shape index (κ3) is 2.31. The number of nitrogen functional groups attached to an aromatic ring is 1. The SMILES string of the molecule is NNc1cncc(Nc2cccc3ccccc23)n1. The van der Waals surface area contributed by atoms with Gasteiger partial charge in [-0.25, -0.2) is 10.8 Å². The van der Waals surface area contributed by atoms with Gasteiger partial charge in [0.2, 0.25) is 0 Å². The first kappa shape index (κ1) is 11.4. The van der Waals surface area contributed by atoms with Gasteiger partial charge < -0.3 is 10.7 Å². The van der Waals surface area contributed by atoms with Crippen LogP contribution in [-0.2, 0) is 0 Å². The molecule has 3 rings (SSSR count). The Morgan fingerprint density at radius 2 is 1.68 bits per heavy atom. The second-order valence-corrected chi connectivity index (χ2v) is 4.09. The zero-order valence-corrected chi connectivity index (χ0v) is 10.2. The van der Waals surface area contributed by atoms with E-state index in [0.29, 0.717) is 11.6 Å². The normalized spacial score (nSPS) is 10.4. The van der Waals surface area contributed by atoms with Crippen molar-refractivity contribution < 1.29 is 0 Å². The molecule has 3 aromatic rings. The first-order valence-electron chi connectivity index (χ1n) is 5.90. The summed E-state index contributed by atoms with van der Waals surface area (Å²) in [7, 11) is 0. The van der Waals surface area contributed by atoms with Crippen LogP contribution in [0.25, 0.3) is 10.8 Å². The fraction of sp³-hybridized carbons (Fsp3) is 0. The summed E-state index contributed by atoms with van der Waals surface area (Å²) >= 11 is 0. The summed E-state index contributed by atoms with van der Waals surface area (Å²) in [6.07, 6.45) is 3.22. The van der Waals surface area contributed by atoms with Gasteiger partial charge in [0.25, 0.3) is 0 Å². The van der Waals surface area contributed by atoms with Gasteiger partial charge in [-0.2, -0.15) is 0 Å². The highest BCUT2D eigenvalue weighted by atomic mass is 15.3. The Hall–Kier alpha value is -2.66. The van der Waals surface area contributed by atoms with Gasteiger partial charge in [-0.05, 0) is 11.5 Å². The molecule has 4 N–H and O–H groups in total. The van der Waals surface area contributed by atoms with Crippen LogP contribution in [0.1, 0.15) is 0 Å². The minimum absolute atomic E-state index is 0.519. The van der Waals surface area contributed by atoms with E-state index in [9.17, 15) is 0 Å². The van der Waals surface area contributed by atoms with Crippen molar-refractivity contribution in [3.8, 4) is 0 Å². The molecule has 5 nitrogen and oxygen atoms in total. The van der Waals surface area contributed by atoms with E-state index in [-0.39, 0.29) is 0 Å². The molecular formula is C14H13N5. The van der Waals surface area contributed by atoms with Gasteiger partial charge in [0.15, 0.2) is 11.6 Å². The van der Waals surface area contributed by atoms with E-state index in [0.717, 1.165) is 11.1 Å². The zero-order chi connectivity index (χ0) is 13.1. The lowest BCUT2D eigenvalue weighted by molar-refractivity contribution is 1.16. The second-order valence-electron chi connectivity index (χ2n) is 4.09. The molecule has 19 heavy (non-hydrogen) atoms. The standard InChI is InChI=1S/C14H13N5/c15-19-14-9-16-8-13(18-14)17-12-7-3-5-10-4-1-2-6-11(10)12/h1-9H,15H2,(H2,17,18,19). The van der Waals surface area contributed by atoms with E-state index in [2.05, 4.69) is 38.9 Å². The fourth-order valence-electron chi connectivity index (χ4n) is 1.97. The first-order chi connectivity index (χ1) is 9.36. The van der Waals surface area contributed by atoms with Crippen molar-refractivity contribution in [2.45, 2.75) is 0 Å². The lowest BCUT2D eigenvalue weighted by Gasteiger charge is -2.09. The van der Waals surface area contributed by atoms with Gasteiger partial charge >= 0.3 is 0 Å². The van der Waals surface area contributed by atoms with Crippen molar-refractivity contribution in [3.63, 3.8) is 0 Å². The molecule has 1 heterocycles. The highest BCUT2D eigenvalue weighted by Crippen LogP contribution is 2.25. The first-order valence-corrected chi connectivity index (χ1v) is 5.90. The molecule has 0 radical (unpaired) electrons. The number of fused-ring (bicyclic) bond motifs is 1. The van der Waals surface area contributed by atoms with Gasteiger partial charge in [-0.1, -0.05) is 36.4 Å². The third-order valence-corrected chi connectivity index (χ3v) is 2.83. The number of nitrogens with one attached hydrogen (secondary N) is 2. The maximum atomic E-state index is 5.32. The number of hydrazine groups is 1. The predicted molar refractivity (Wildman–Crippen MR) is 77.1 cm³/mol. The molecule has 0 fully saturated rings. The Bertz CT molecular complexity index is 706. The number of rotatable bonds is 3. The molecule has 0 aliphatic carbocycles. The van der Waals surface area contributed by atoms with E-state index >= 15 is 0 Å². The van der Waals surface area contributed by atoms with E-state index in [4.69, 9.17) is 5.84 Å². The van der Waals surface area contributed by atoms with Gasteiger partial charge in [0, 0.05) is 11.1 Å². The molecule has 0 saturated carbocycles. The van der Waals surface area contributed by atoms with E-state index in [1.54, 1.807) is 12.4 Å². The summed E-state index contributed by atoms with van der Waals surface area (Å²) < 4.78 is 0. The van der Waals surface area contributed by atoms with Crippen LogP contribution in [-0.4, -0.2) is 9.97 Å². The average Bonchev–Trinajstić information content (AvgIpc) is 2.48. The van der Waals surface area contributed by atoms with Crippen molar-refractivity contribution in [2.75, 3.05) is 10.7 Å². The van der Waals surface area contributed by atoms with Crippen LogP contribution >= 0.6 is 0 Å². The van der Waals surface area contributed by atoms with E-state index in [1.165, 1.54) is 5.39 Å². The van der Waals surface area contributed by atoms with Crippen molar-refractivity contribution in [3.05, 3.63) is 54.9 Å². The maximum Gasteiger partial charge on any atom is 0.160 e. The van der Waals surface area contributed by atoms with Crippen LogP contribution in [0, 0.1) is 0 Å².